The molecule has 0 spiro atoms. The van der Waals surface area contributed by atoms with Gasteiger partial charge in [-0.1, -0.05) is 0 Å². The number of nitrogens with zero attached hydrogens (tertiary/aromatic N) is 1. The summed E-state index contributed by atoms with van der Waals surface area (Å²) in [5.41, 5.74) is 7.04. The zero-order valence-corrected chi connectivity index (χ0v) is 12.9. The SMILES string of the molecule is CCOCC(N)c1cc(NS(=O)(=O)C2CC2)ccn1.Cl. The van der Waals surface area contributed by atoms with Crippen LogP contribution in [0.2, 0.25) is 0 Å². The number of halogens is 1. The maximum absolute atomic E-state index is 11.8. The number of hydrogen-bond acceptors (Lipinski definition) is 5. The van der Waals surface area contributed by atoms with Crippen molar-refractivity contribution in [1.29, 1.82) is 0 Å². The third kappa shape index (κ3) is 4.59. The molecule has 1 aliphatic rings. The van der Waals surface area contributed by atoms with Crippen LogP contribution >= 0.6 is 12.4 Å². The number of ether oxygens (including phenoxy) is 1. The van der Waals surface area contributed by atoms with Gasteiger partial charge in [-0.15, -0.1) is 12.4 Å². The van der Waals surface area contributed by atoms with Gasteiger partial charge in [0, 0.05) is 12.8 Å². The predicted molar refractivity (Wildman–Crippen MR) is 80.5 cm³/mol. The van der Waals surface area contributed by atoms with Gasteiger partial charge < -0.3 is 10.5 Å². The molecule has 0 amide bonds. The summed E-state index contributed by atoms with van der Waals surface area (Å²) in [6.07, 6.45) is 3.01. The molecule has 1 aromatic heterocycles. The smallest absolute Gasteiger partial charge is 0.235 e. The molecular weight excluding hydrogens is 302 g/mol. The first kappa shape index (κ1) is 17.2. The van der Waals surface area contributed by atoms with E-state index in [0.29, 0.717) is 24.6 Å². The lowest BCUT2D eigenvalue weighted by atomic mass is 10.2. The minimum atomic E-state index is -3.25. The van der Waals surface area contributed by atoms with Gasteiger partial charge in [-0.05, 0) is 31.9 Å². The molecule has 8 heteroatoms. The summed E-state index contributed by atoms with van der Waals surface area (Å²) in [5.74, 6) is 0. The molecule has 0 saturated heterocycles. The van der Waals surface area contributed by atoms with E-state index in [1.807, 2.05) is 6.92 Å². The van der Waals surface area contributed by atoms with Crippen molar-refractivity contribution in [3.8, 4) is 0 Å². The van der Waals surface area contributed by atoms with Crippen LogP contribution in [-0.2, 0) is 14.8 Å². The minimum absolute atomic E-state index is 0. The monoisotopic (exact) mass is 321 g/mol. The Bertz CT molecular complexity index is 535. The Kier molecular flexibility index (Phi) is 6.19. The molecule has 0 radical (unpaired) electrons. The van der Waals surface area contributed by atoms with E-state index < -0.39 is 10.0 Å². The van der Waals surface area contributed by atoms with Gasteiger partial charge in [0.1, 0.15) is 0 Å². The number of hydrogen-bond donors (Lipinski definition) is 2. The van der Waals surface area contributed by atoms with Crippen LogP contribution in [0.1, 0.15) is 31.5 Å². The second-order valence-electron chi connectivity index (χ2n) is 4.58. The predicted octanol–water partition coefficient (Wildman–Crippen LogP) is 1.44. The van der Waals surface area contributed by atoms with E-state index in [0.717, 1.165) is 12.8 Å². The zero-order chi connectivity index (χ0) is 13.9. The second kappa shape index (κ2) is 7.21. The molecule has 1 aliphatic carbocycles. The molecule has 1 atom stereocenters. The Morgan fingerprint density at radius 2 is 2.25 bits per heavy atom. The third-order valence-electron chi connectivity index (χ3n) is 2.89. The Hall–Kier alpha value is -0.890. The molecule has 1 unspecified atom stereocenters. The van der Waals surface area contributed by atoms with Crippen LogP contribution in [0.25, 0.3) is 0 Å². The summed E-state index contributed by atoms with van der Waals surface area (Å²) in [6.45, 7) is 2.84. The molecule has 20 heavy (non-hydrogen) atoms. The van der Waals surface area contributed by atoms with Crippen LogP contribution in [0.3, 0.4) is 0 Å². The van der Waals surface area contributed by atoms with E-state index in [-0.39, 0.29) is 23.7 Å². The van der Waals surface area contributed by atoms with E-state index in [1.165, 1.54) is 0 Å². The number of sulfonamides is 1. The number of nitrogens with one attached hydrogen (secondary N) is 1. The van der Waals surface area contributed by atoms with Crippen molar-refractivity contribution in [2.24, 2.45) is 5.73 Å². The molecule has 3 N–H and O–H groups in total. The Balaban J connectivity index is 0.00000200. The van der Waals surface area contributed by atoms with Crippen LogP contribution in [0.5, 0.6) is 0 Å². The number of rotatable bonds is 7. The summed E-state index contributed by atoms with van der Waals surface area (Å²) in [6, 6.07) is 2.92. The lowest BCUT2D eigenvalue weighted by Crippen LogP contribution is -2.20. The van der Waals surface area contributed by atoms with Crippen molar-refractivity contribution in [2.75, 3.05) is 17.9 Å². The van der Waals surface area contributed by atoms with Crippen LogP contribution in [0.15, 0.2) is 18.3 Å². The van der Waals surface area contributed by atoms with Crippen molar-refractivity contribution in [3.63, 3.8) is 0 Å². The first-order valence-corrected chi connectivity index (χ1v) is 7.88. The number of aromatic nitrogens is 1. The van der Waals surface area contributed by atoms with E-state index in [4.69, 9.17) is 10.5 Å². The van der Waals surface area contributed by atoms with Crippen molar-refractivity contribution in [2.45, 2.75) is 31.1 Å². The number of pyridine rings is 1. The molecule has 0 aliphatic heterocycles. The van der Waals surface area contributed by atoms with Crippen LogP contribution in [0, 0.1) is 0 Å². The van der Waals surface area contributed by atoms with Gasteiger partial charge in [0.05, 0.1) is 29.3 Å². The van der Waals surface area contributed by atoms with Crippen molar-refractivity contribution >= 4 is 28.1 Å². The van der Waals surface area contributed by atoms with E-state index in [9.17, 15) is 8.42 Å². The highest BCUT2D eigenvalue weighted by molar-refractivity contribution is 7.93. The summed E-state index contributed by atoms with van der Waals surface area (Å²) < 4.78 is 31.5. The van der Waals surface area contributed by atoms with Gasteiger partial charge in [-0.25, -0.2) is 8.42 Å². The normalized spacial score (nSPS) is 16.3. The van der Waals surface area contributed by atoms with E-state index in [2.05, 4.69) is 9.71 Å². The third-order valence-corrected chi connectivity index (χ3v) is 4.76. The Morgan fingerprint density at radius 1 is 1.55 bits per heavy atom. The first-order chi connectivity index (χ1) is 9.03. The average molecular weight is 322 g/mol. The summed E-state index contributed by atoms with van der Waals surface area (Å²) >= 11 is 0. The Labute approximate surface area is 125 Å². The fourth-order valence-corrected chi connectivity index (χ4v) is 3.05. The quantitative estimate of drug-likeness (QED) is 0.792. The molecule has 0 aromatic carbocycles. The fraction of sp³-hybridized carbons (Fsp3) is 0.583. The van der Waals surface area contributed by atoms with E-state index in [1.54, 1.807) is 18.3 Å². The number of nitrogens with two attached hydrogens (primary N) is 1. The van der Waals surface area contributed by atoms with Crippen molar-refractivity contribution in [1.82, 2.24) is 4.98 Å². The molecule has 6 nitrogen and oxygen atoms in total. The lowest BCUT2D eigenvalue weighted by Gasteiger charge is -2.13. The van der Waals surface area contributed by atoms with Crippen LogP contribution in [0.4, 0.5) is 5.69 Å². The maximum Gasteiger partial charge on any atom is 0.235 e. The van der Waals surface area contributed by atoms with Gasteiger partial charge in [0.25, 0.3) is 0 Å². The van der Waals surface area contributed by atoms with Gasteiger partial charge in [0.15, 0.2) is 0 Å². The van der Waals surface area contributed by atoms with Gasteiger partial charge in [-0.2, -0.15) is 0 Å². The first-order valence-electron chi connectivity index (χ1n) is 6.34. The molecule has 0 bridgehead atoms. The zero-order valence-electron chi connectivity index (χ0n) is 11.3. The summed E-state index contributed by atoms with van der Waals surface area (Å²) in [5, 5.41) is -0.249. The van der Waals surface area contributed by atoms with Crippen LogP contribution < -0.4 is 10.5 Å². The van der Waals surface area contributed by atoms with Crippen molar-refractivity contribution in [3.05, 3.63) is 24.0 Å². The largest absolute Gasteiger partial charge is 0.380 e. The highest BCUT2D eigenvalue weighted by Gasteiger charge is 2.35. The molecule has 1 fully saturated rings. The fourth-order valence-electron chi connectivity index (χ4n) is 1.67. The molecule has 1 saturated carbocycles. The van der Waals surface area contributed by atoms with Gasteiger partial charge >= 0.3 is 0 Å². The lowest BCUT2D eigenvalue weighted by molar-refractivity contribution is 0.132. The maximum atomic E-state index is 11.8. The molecule has 1 heterocycles. The van der Waals surface area contributed by atoms with Crippen LogP contribution in [-0.4, -0.2) is 31.9 Å². The highest BCUT2D eigenvalue weighted by Crippen LogP contribution is 2.29. The second-order valence-corrected chi connectivity index (χ2v) is 6.54. The molecule has 2 rings (SSSR count). The standard InChI is InChI=1S/C12H19N3O3S.ClH/c1-2-18-8-11(13)12-7-9(5-6-14-12)15-19(16,17)10-3-4-10;/h5-7,10-11H,2-4,8,13H2,1H3,(H,14,15);1H. The minimum Gasteiger partial charge on any atom is -0.380 e. The highest BCUT2D eigenvalue weighted by atomic mass is 35.5. The van der Waals surface area contributed by atoms with Gasteiger partial charge in [0.2, 0.25) is 10.0 Å². The average Bonchev–Trinajstić information content (AvgIpc) is 3.20. The van der Waals surface area contributed by atoms with E-state index >= 15 is 0 Å². The molecular formula is C12H20ClN3O3S. The molecule has 114 valence electrons. The molecule has 1 aromatic rings. The summed E-state index contributed by atoms with van der Waals surface area (Å²) in [4.78, 5) is 4.14. The summed E-state index contributed by atoms with van der Waals surface area (Å²) in [7, 11) is -3.25. The Morgan fingerprint density at radius 3 is 2.85 bits per heavy atom. The number of anilines is 1. The van der Waals surface area contributed by atoms with Crippen molar-refractivity contribution < 1.29 is 13.2 Å². The van der Waals surface area contributed by atoms with Gasteiger partial charge in [-0.3, -0.25) is 9.71 Å². The topological polar surface area (TPSA) is 94.3 Å².